The summed E-state index contributed by atoms with van der Waals surface area (Å²) < 4.78 is 28.7. The Hall–Kier alpha value is -1.86. The molecule has 0 saturated carbocycles. The van der Waals surface area contributed by atoms with Crippen molar-refractivity contribution in [2.24, 2.45) is 5.73 Å². The Bertz CT molecular complexity index is 739. The monoisotopic (exact) mass is 306 g/mol. The molecule has 2 heterocycles. The van der Waals surface area contributed by atoms with Crippen molar-refractivity contribution in [1.29, 1.82) is 0 Å². The van der Waals surface area contributed by atoms with Crippen LogP contribution in [0, 0.1) is 0 Å². The van der Waals surface area contributed by atoms with E-state index < -0.39 is 10.0 Å². The van der Waals surface area contributed by atoms with Crippen LogP contribution in [0.25, 0.3) is 0 Å². The largest absolute Gasteiger partial charge is 0.329 e. The van der Waals surface area contributed by atoms with Crippen LogP contribution in [-0.4, -0.2) is 31.3 Å². The summed E-state index contributed by atoms with van der Waals surface area (Å²) in [6, 6.07) is 7.64. The summed E-state index contributed by atoms with van der Waals surface area (Å²) in [6.07, 6.45) is 4.67. The number of hydrogen-bond donors (Lipinski definition) is 1. The Kier molecular flexibility index (Phi) is 3.69. The SMILES string of the molecule is NCCn1cc(S(=O)(=O)N2CCCc3ccccc32)cn1. The number of hydrogen-bond acceptors (Lipinski definition) is 4. The number of benzene rings is 1. The van der Waals surface area contributed by atoms with Crippen molar-refractivity contribution in [1.82, 2.24) is 9.78 Å². The predicted octanol–water partition coefficient (Wildman–Crippen LogP) is 0.983. The number of fused-ring (bicyclic) bond motifs is 1. The van der Waals surface area contributed by atoms with Crippen molar-refractivity contribution in [2.45, 2.75) is 24.3 Å². The molecule has 0 unspecified atom stereocenters. The van der Waals surface area contributed by atoms with Crippen molar-refractivity contribution in [2.75, 3.05) is 17.4 Å². The fourth-order valence-electron chi connectivity index (χ4n) is 2.61. The van der Waals surface area contributed by atoms with E-state index in [0.29, 0.717) is 19.6 Å². The molecule has 7 heteroatoms. The van der Waals surface area contributed by atoms with Crippen LogP contribution in [0.2, 0.25) is 0 Å². The molecule has 112 valence electrons. The second-order valence-electron chi connectivity index (χ2n) is 5.04. The Morgan fingerprint density at radius 2 is 2.10 bits per heavy atom. The summed E-state index contributed by atoms with van der Waals surface area (Å²) in [7, 11) is -3.56. The van der Waals surface area contributed by atoms with E-state index in [0.717, 1.165) is 24.1 Å². The lowest BCUT2D eigenvalue weighted by Gasteiger charge is -2.29. The van der Waals surface area contributed by atoms with Crippen LogP contribution >= 0.6 is 0 Å². The van der Waals surface area contributed by atoms with Crippen LogP contribution in [0.3, 0.4) is 0 Å². The minimum absolute atomic E-state index is 0.215. The average molecular weight is 306 g/mol. The average Bonchev–Trinajstić information content (AvgIpc) is 2.96. The topological polar surface area (TPSA) is 81.2 Å². The van der Waals surface area contributed by atoms with Gasteiger partial charge in [-0.1, -0.05) is 18.2 Å². The van der Waals surface area contributed by atoms with Gasteiger partial charge in [0.05, 0.1) is 18.4 Å². The van der Waals surface area contributed by atoms with Gasteiger partial charge in [-0.05, 0) is 24.5 Å². The third-order valence-electron chi connectivity index (χ3n) is 3.62. The molecule has 0 amide bonds. The molecule has 0 bridgehead atoms. The van der Waals surface area contributed by atoms with Crippen molar-refractivity contribution < 1.29 is 8.42 Å². The first-order chi connectivity index (χ1) is 10.1. The molecule has 2 aromatic rings. The molecule has 1 aromatic heterocycles. The lowest BCUT2D eigenvalue weighted by atomic mass is 10.0. The number of rotatable bonds is 4. The second kappa shape index (κ2) is 5.50. The van der Waals surface area contributed by atoms with Gasteiger partial charge < -0.3 is 5.73 Å². The molecular weight excluding hydrogens is 288 g/mol. The molecule has 0 aliphatic carbocycles. The van der Waals surface area contributed by atoms with E-state index in [1.165, 1.54) is 10.5 Å². The van der Waals surface area contributed by atoms with E-state index in [1.54, 1.807) is 10.9 Å². The van der Waals surface area contributed by atoms with Crippen LogP contribution in [0.15, 0.2) is 41.6 Å². The summed E-state index contributed by atoms with van der Waals surface area (Å²) >= 11 is 0. The third kappa shape index (κ3) is 2.54. The number of aryl methyl sites for hydroxylation is 1. The standard InChI is InChI=1S/C14H18N4O2S/c15-7-9-17-11-13(10-16-17)21(19,20)18-8-3-5-12-4-1-2-6-14(12)18/h1-2,4,6,10-11H,3,5,7-9,15H2. The summed E-state index contributed by atoms with van der Waals surface area (Å²) in [5.41, 5.74) is 7.31. The minimum atomic E-state index is -3.56. The van der Waals surface area contributed by atoms with Crippen molar-refractivity contribution in [3.05, 3.63) is 42.2 Å². The first kappa shape index (κ1) is 14.1. The number of nitrogens with two attached hydrogens (primary N) is 1. The quantitative estimate of drug-likeness (QED) is 0.913. The van der Waals surface area contributed by atoms with Gasteiger partial charge in [-0.15, -0.1) is 0 Å². The molecule has 0 fully saturated rings. The van der Waals surface area contributed by atoms with Crippen molar-refractivity contribution in [3.63, 3.8) is 0 Å². The first-order valence-electron chi connectivity index (χ1n) is 6.96. The number of nitrogens with zero attached hydrogens (tertiary/aromatic N) is 3. The molecular formula is C14H18N4O2S. The summed E-state index contributed by atoms with van der Waals surface area (Å²) in [5.74, 6) is 0. The molecule has 0 spiro atoms. The van der Waals surface area contributed by atoms with Gasteiger partial charge in [-0.2, -0.15) is 5.10 Å². The van der Waals surface area contributed by atoms with E-state index in [1.807, 2.05) is 24.3 Å². The Morgan fingerprint density at radius 1 is 1.29 bits per heavy atom. The van der Waals surface area contributed by atoms with Gasteiger partial charge in [0, 0.05) is 19.3 Å². The maximum atomic E-state index is 12.8. The fourth-order valence-corrected chi connectivity index (χ4v) is 4.10. The number of sulfonamides is 1. The number of anilines is 1. The van der Waals surface area contributed by atoms with Gasteiger partial charge >= 0.3 is 0 Å². The highest BCUT2D eigenvalue weighted by Gasteiger charge is 2.29. The second-order valence-corrected chi connectivity index (χ2v) is 6.90. The van der Waals surface area contributed by atoms with Gasteiger partial charge in [0.15, 0.2) is 0 Å². The molecule has 1 aromatic carbocycles. The van der Waals surface area contributed by atoms with E-state index >= 15 is 0 Å². The molecule has 21 heavy (non-hydrogen) atoms. The summed E-state index contributed by atoms with van der Waals surface area (Å²) in [6.45, 7) is 1.43. The molecule has 1 aliphatic heterocycles. The highest BCUT2D eigenvalue weighted by atomic mass is 32.2. The maximum absolute atomic E-state index is 12.8. The number of aromatic nitrogens is 2. The lowest BCUT2D eigenvalue weighted by molar-refractivity contribution is 0.585. The third-order valence-corrected chi connectivity index (χ3v) is 5.39. The van der Waals surface area contributed by atoms with E-state index in [4.69, 9.17) is 5.73 Å². The molecule has 0 radical (unpaired) electrons. The van der Waals surface area contributed by atoms with E-state index in [9.17, 15) is 8.42 Å². The molecule has 2 N–H and O–H groups in total. The van der Waals surface area contributed by atoms with E-state index in [-0.39, 0.29) is 4.90 Å². The van der Waals surface area contributed by atoms with Crippen LogP contribution in [0.5, 0.6) is 0 Å². The number of para-hydroxylation sites is 1. The highest BCUT2D eigenvalue weighted by molar-refractivity contribution is 7.92. The Balaban J connectivity index is 1.99. The highest BCUT2D eigenvalue weighted by Crippen LogP contribution is 2.31. The Labute approximate surface area is 124 Å². The molecule has 1 aliphatic rings. The van der Waals surface area contributed by atoms with Crippen molar-refractivity contribution in [3.8, 4) is 0 Å². The molecule has 6 nitrogen and oxygen atoms in total. The van der Waals surface area contributed by atoms with Gasteiger partial charge in [0.1, 0.15) is 4.90 Å². The zero-order chi connectivity index (χ0) is 14.9. The molecule has 0 saturated heterocycles. The summed E-state index contributed by atoms with van der Waals surface area (Å²) in [5, 5.41) is 4.05. The normalized spacial score (nSPS) is 15.0. The zero-order valence-electron chi connectivity index (χ0n) is 11.6. The predicted molar refractivity (Wildman–Crippen MR) is 80.6 cm³/mol. The van der Waals surface area contributed by atoms with Crippen LogP contribution < -0.4 is 10.0 Å². The van der Waals surface area contributed by atoms with Crippen LogP contribution in [-0.2, 0) is 23.0 Å². The van der Waals surface area contributed by atoms with Crippen LogP contribution in [0.4, 0.5) is 5.69 Å². The van der Waals surface area contributed by atoms with Gasteiger partial charge in [-0.3, -0.25) is 8.99 Å². The van der Waals surface area contributed by atoms with E-state index in [2.05, 4.69) is 5.10 Å². The lowest BCUT2D eigenvalue weighted by Crippen LogP contribution is -2.35. The molecule has 3 rings (SSSR count). The van der Waals surface area contributed by atoms with Gasteiger partial charge in [0.2, 0.25) is 0 Å². The minimum Gasteiger partial charge on any atom is -0.329 e. The fraction of sp³-hybridized carbons (Fsp3) is 0.357. The zero-order valence-corrected chi connectivity index (χ0v) is 12.5. The molecule has 0 atom stereocenters. The van der Waals surface area contributed by atoms with Gasteiger partial charge in [0.25, 0.3) is 10.0 Å². The first-order valence-corrected chi connectivity index (χ1v) is 8.40. The Morgan fingerprint density at radius 3 is 2.90 bits per heavy atom. The summed E-state index contributed by atoms with van der Waals surface area (Å²) in [4.78, 5) is 0.215. The maximum Gasteiger partial charge on any atom is 0.267 e. The van der Waals surface area contributed by atoms with Gasteiger partial charge in [-0.25, -0.2) is 8.42 Å². The smallest absolute Gasteiger partial charge is 0.267 e. The van der Waals surface area contributed by atoms with Crippen LogP contribution in [0.1, 0.15) is 12.0 Å². The van der Waals surface area contributed by atoms with Crippen molar-refractivity contribution >= 4 is 15.7 Å².